The zero-order chi connectivity index (χ0) is 38.8. The molecule has 314 valence electrons. The molecule has 1 heterocycles. The summed E-state index contributed by atoms with van der Waals surface area (Å²) in [7, 11) is 0. The molecule has 9 nitrogen and oxygen atoms in total. The Morgan fingerprint density at radius 2 is 1.04 bits per heavy atom. The van der Waals surface area contributed by atoms with Gasteiger partial charge in [-0.15, -0.1) is 0 Å². The number of amides is 1. The van der Waals surface area contributed by atoms with Crippen molar-refractivity contribution in [2.24, 2.45) is 0 Å². The Balaban J connectivity index is 2.01. The fraction of sp³-hybridized carbons (Fsp3) is 0.932. The number of ether oxygens (including phenoxy) is 2. The van der Waals surface area contributed by atoms with Gasteiger partial charge in [-0.2, -0.15) is 0 Å². The monoisotopic (exact) mass is 756 g/mol. The van der Waals surface area contributed by atoms with Crippen molar-refractivity contribution < 1.29 is 39.8 Å². The zero-order valence-electron chi connectivity index (χ0n) is 34.3. The highest BCUT2D eigenvalue weighted by molar-refractivity contribution is 5.76. The largest absolute Gasteiger partial charge is 0.394 e. The van der Waals surface area contributed by atoms with Crippen molar-refractivity contribution in [1.82, 2.24) is 5.32 Å². The Hall–Kier alpha value is -1.07. The molecule has 53 heavy (non-hydrogen) atoms. The van der Waals surface area contributed by atoms with E-state index in [1.807, 2.05) is 13.0 Å². The van der Waals surface area contributed by atoms with Crippen LogP contribution in [0.3, 0.4) is 0 Å². The van der Waals surface area contributed by atoms with Gasteiger partial charge in [-0.1, -0.05) is 199 Å². The highest BCUT2D eigenvalue weighted by Crippen LogP contribution is 2.23. The van der Waals surface area contributed by atoms with E-state index < -0.39 is 49.5 Å². The Kier molecular flexibility index (Phi) is 33.3. The molecule has 0 aromatic rings. The van der Waals surface area contributed by atoms with Gasteiger partial charge in [0.2, 0.25) is 5.91 Å². The number of allylic oxidation sites excluding steroid dienone is 1. The lowest BCUT2D eigenvalue weighted by molar-refractivity contribution is -0.302. The first-order valence-corrected chi connectivity index (χ1v) is 22.4. The van der Waals surface area contributed by atoms with E-state index >= 15 is 0 Å². The predicted octanol–water partition coefficient (Wildman–Crippen LogP) is 8.95. The maximum Gasteiger partial charge on any atom is 0.220 e. The number of aliphatic hydroxyl groups excluding tert-OH is 5. The third kappa shape index (κ3) is 26.4. The smallest absolute Gasteiger partial charge is 0.220 e. The maximum absolute atomic E-state index is 12.8. The summed E-state index contributed by atoms with van der Waals surface area (Å²) in [5.41, 5.74) is 0. The first-order valence-electron chi connectivity index (χ1n) is 22.4. The predicted molar refractivity (Wildman–Crippen MR) is 217 cm³/mol. The normalized spacial score (nSPS) is 21.7. The lowest BCUT2D eigenvalue weighted by Gasteiger charge is -2.40. The van der Waals surface area contributed by atoms with Crippen molar-refractivity contribution in [2.75, 3.05) is 13.2 Å². The van der Waals surface area contributed by atoms with Crippen LogP contribution >= 0.6 is 0 Å². The minimum absolute atomic E-state index is 0.185. The van der Waals surface area contributed by atoms with Crippen molar-refractivity contribution >= 4 is 5.91 Å². The Morgan fingerprint density at radius 3 is 1.43 bits per heavy atom. The van der Waals surface area contributed by atoms with Gasteiger partial charge in [-0.05, 0) is 12.8 Å². The van der Waals surface area contributed by atoms with E-state index in [0.717, 1.165) is 32.1 Å². The summed E-state index contributed by atoms with van der Waals surface area (Å²) in [4.78, 5) is 12.8. The van der Waals surface area contributed by atoms with Gasteiger partial charge in [0.1, 0.15) is 24.4 Å². The van der Waals surface area contributed by atoms with E-state index in [-0.39, 0.29) is 12.5 Å². The minimum atomic E-state index is -1.56. The van der Waals surface area contributed by atoms with Crippen molar-refractivity contribution in [3.8, 4) is 0 Å². The van der Waals surface area contributed by atoms with Gasteiger partial charge in [0.15, 0.2) is 6.29 Å². The van der Waals surface area contributed by atoms with Crippen LogP contribution in [0.1, 0.15) is 206 Å². The molecule has 1 saturated heterocycles. The molecular weight excluding hydrogens is 670 g/mol. The minimum Gasteiger partial charge on any atom is -0.394 e. The lowest BCUT2D eigenvalue weighted by atomic mass is 9.99. The van der Waals surface area contributed by atoms with Gasteiger partial charge >= 0.3 is 0 Å². The molecule has 7 unspecified atom stereocenters. The van der Waals surface area contributed by atoms with Gasteiger partial charge in [-0.3, -0.25) is 4.79 Å². The number of unbranched alkanes of at least 4 members (excludes halogenated alkanes) is 27. The number of carbonyl (C=O) groups excluding carboxylic acids is 1. The quantitative estimate of drug-likeness (QED) is 0.0272. The molecule has 0 radical (unpaired) electrons. The third-order valence-electron chi connectivity index (χ3n) is 10.8. The Bertz CT molecular complexity index is 842. The third-order valence-corrected chi connectivity index (χ3v) is 10.8. The fourth-order valence-electron chi connectivity index (χ4n) is 7.22. The summed E-state index contributed by atoms with van der Waals surface area (Å²) < 4.78 is 11.0. The highest BCUT2D eigenvalue weighted by atomic mass is 16.7. The summed E-state index contributed by atoms with van der Waals surface area (Å²) >= 11 is 0. The van der Waals surface area contributed by atoms with Crippen molar-refractivity contribution in [3.63, 3.8) is 0 Å². The van der Waals surface area contributed by atoms with Crippen molar-refractivity contribution in [3.05, 3.63) is 12.2 Å². The maximum atomic E-state index is 12.8. The zero-order valence-corrected chi connectivity index (χ0v) is 34.3. The standard InChI is InChI=1S/C44H85NO8/c1-3-5-7-8-9-10-11-12-13-14-15-16-17-18-19-20-21-22-23-24-25-26-27-28-29-30-32-34-40(48)45-37(38(47)33-31-6-4-2)36-52-44-43(51)42(50)41(49)39(35-46)53-44/h31,33,37-39,41-44,46-47,49-51H,3-30,32,34-36H2,1-2H3,(H,45,48)/b33-31+. The first-order chi connectivity index (χ1) is 25.8. The lowest BCUT2D eigenvalue weighted by Crippen LogP contribution is -2.60. The van der Waals surface area contributed by atoms with Crippen LogP contribution < -0.4 is 5.32 Å². The summed E-state index contributed by atoms with van der Waals surface area (Å²) in [6.07, 6.45) is 33.8. The second kappa shape index (κ2) is 35.4. The van der Waals surface area contributed by atoms with Crippen LogP contribution in [0.2, 0.25) is 0 Å². The summed E-state index contributed by atoms with van der Waals surface area (Å²) in [5, 5.41) is 53.3. The fourth-order valence-corrected chi connectivity index (χ4v) is 7.22. The SMILES string of the molecule is CCC/C=C/C(O)C(COC1OC(CO)C(O)C(O)C1O)NC(=O)CCCCCCCCCCCCCCCCCCCCCCCCCCCCC. The number of hydrogen-bond donors (Lipinski definition) is 6. The van der Waals surface area contributed by atoms with E-state index in [1.54, 1.807) is 6.08 Å². The van der Waals surface area contributed by atoms with Crippen LogP contribution in [0.4, 0.5) is 0 Å². The molecular formula is C44H85NO8. The number of hydrogen-bond acceptors (Lipinski definition) is 8. The second-order valence-electron chi connectivity index (χ2n) is 15.9. The molecule has 0 saturated carbocycles. The van der Waals surface area contributed by atoms with Gasteiger partial charge in [-0.25, -0.2) is 0 Å². The molecule has 1 rings (SSSR count). The molecule has 1 aliphatic rings. The molecule has 0 aromatic carbocycles. The second-order valence-corrected chi connectivity index (χ2v) is 15.9. The van der Waals surface area contributed by atoms with E-state index in [1.165, 1.54) is 154 Å². The molecule has 0 aliphatic carbocycles. The average Bonchev–Trinajstić information content (AvgIpc) is 3.15. The van der Waals surface area contributed by atoms with Crippen LogP contribution in [0.5, 0.6) is 0 Å². The van der Waals surface area contributed by atoms with Crippen LogP contribution in [0, 0.1) is 0 Å². The molecule has 6 N–H and O–H groups in total. The van der Waals surface area contributed by atoms with Gasteiger partial charge in [0.25, 0.3) is 0 Å². The molecule has 7 atom stereocenters. The molecule has 1 fully saturated rings. The van der Waals surface area contributed by atoms with Crippen LogP contribution in [-0.4, -0.2) is 87.5 Å². The van der Waals surface area contributed by atoms with Crippen LogP contribution in [0.25, 0.3) is 0 Å². The Morgan fingerprint density at radius 1 is 0.623 bits per heavy atom. The average molecular weight is 756 g/mol. The van der Waals surface area contributed by atoms with E-state index in [9.17, 15) is 30.3 Å². The van der Waals surface area contributed by atoms with Crippen molar-refractivity contribution in [2.45, 2.75) is 249 Å². The first kappa shape index (κ1) is 49.9. The van der Waals surface area contributed by atoms with E-state index in [0.29, 0.717) is 6.42 Å². The van der Waals surface area contributed by atoms with Gasteiger partial charge in [0, 0.05) is 6.42 Å². The number of rotatable bonds is 37. The Labute approximate surface area is 325 Å². The molecule has 0 aromatic heterocycles. The highest BCUT2D eigenvalue weighted by Gasteiger charge is 2.44. The molecule has 0 spiro atoms. The van der Waals surface area contributed by atoms with Crippen molar-refractivity contribution in [1.29, 1.82) is 0 Å². The molecule has 9 heteroatoms. The summed E-state index contributed by atoms with van der Waals surface area (Å²) in [5.74, 6) is -0.185. The topological polar surface area (TPSA) is 149 Å². The molecule has 1 amide bonds. The summed E-state index contributed by atoms with van der Waals surface area (Å²) in [6, 6.07) is -0.795. The number of nitrogens with one attached hydrogen (secondary N) is 1. The summed E-state index contributed by atoms with van der Waals surface area (Å²) in [6.45, 7) is 3.57. The van der Waals surface area contributed by atoms with Gasteiger partial charge < -0.3 is 40.3 Å². The van der Waals surface area contributed by atoms with Crippen LogP contribution in [-0.2, 0) is 14.3 Å². The van der Waals surface area contributed by atoms with Crippen LogP contribution in [0.15, 0.2) is 12.2 Å². The van der Waals surface area contributed by atoms with E-state index in [4.69, 9.17) is 9.47 Å². The van der Waals surface area contributed by atoms with E-state index in [2.05, 4.69) is 12.2 Å². The van der Waals surface area contributed by atoms with Gasteiger partial charge in [0.05, 0.1) is 25.4 Å². The number of aliphatic hydroxyl groups is 5. The number of carbonyl (C=O) groups is 1. The molecule has 1 aliphatic heterocycles. The molecule has 0 bridgehead atoms.